The number of ether oxygens (including phenoxy) is 3. The Bertz CT molecular complexity index is 577. The van der Waals surface area contributed by atoms with E-state index >= 15 is 0 Å². The third kappa shape index (κ3) is 2.63. The van der Waals surface area contributed by atoms with E-state index in [0.29, 0.717) is 6.61 Å². The maximum atomic E-state index is 5.57. The van der Waals surface area contributed by atoms with Crippen LogP contribution >= 0.6 is 0 Å². The number of benzene rings is 2. The standard InChI is InChI=1S/C17H20O3/c1-12-14(11-18-2)10-15(13-8-6-5-7-9-13)17(20-4)16(12)19-3/h5-10H,11H2,1-4H3. The average molecular weight is 272 g/mol. The maximum absolute atomic E-state index is 5.57. The van der Waals surface area contributed by atoms with Gasteiger partial charge in [0.05, 0.1) is 20.8 Å². The Kier molecular flexibility index (Phi) is 4.64. The molecule has 2 rings (SSSR count). The molecule has 0 unspecified atom stereocenters. The Hall–Kier alpha value is -2.00. The van der Waals surface area contributed by atoms with Crippen molar-refractivity contribution in [3.8, 4) is 22.6 Å². The van der Waals surface area contributed by atoms with Crippen molar-refractivity contribution in [3.63, 3.8) is 0 Å². The van der Waals surface area contributed by atoms with E-state index in [2.05, 4.69) is 18.2 Å². The SMILES string of the molecule is COCc1cc(-c2ccccc2)c(OC)c(OC)c1C. The maximum Gasteiger partial charge on any atom is 0.168 e. The fraction of sp³-hybridized carbons (Fsp3) is 0.294. The van der Waals surface area contributed by atoms with Gasteiger partial charge >= 0.3 is 0 Å². The highest BCUT2D eigenvalue weighted by Gasteiger charge is 2.17. The second kappa shape index (κ2) is 6.44. The van der Waals surface area contributed by atoms with Gasteiger partial charge in [0.2, 0.25) is 0 Å². The van der Waals surface area contributed by atoms with Gasteiger partial charge < -0.3 is 14.2 Å². The Morgan fingerprint density at radius 1 is 0.900 bits per heavy atom. The first kappa shape index (κ1) is 14.4. The minimum absolute atomic E-state index is 0.548. The molecule has 0 aromatic heterocycles. The largest absolute Gasteiger partial charge is 0.493 e. The molecule has 106 valence electrons. The van der Waals surface area contributed by atoms with Crippen molar-refractivity contribution in [2.75, 3.05) is 21.3 Å². The van der Waals surface area contributed by atoms with Crippen LogP contribution in [-0.4, -0.2) is 21.3 Å². The Morgan fingerprint density at radius 2 is 1.55 bits per heavy atom. The molecule has 0 aliphatic carbocycles. The summed E-state index contributed by atoms with van der Waals surface area (Å²) in [7, 11) is 5.02. The van der Waals surface area contributed by atoms with Crippen LogP contribution in [0.5, 0.6) is 11.5 Å². The van der Waals surface area contributed by atoms with Crippen molar-refractivity contribution in [2.45, 2.75) is 13.5 Å². The summed E-state index contributed by atoms with van der Waals surface area (Å²) in [5, 5.41) is 0. The molecule has 0 radical (unpaired) electrons. The van der Waals surface area contributed by atoms with Crippen molar-refractivity contribution in [3.05, 3.63) is 47.5 Å². The molecule has 0 atom stereocenters. The highest BCUT2D eigenvalue weighted by atomic mass is 16.5. The molecule has 0 aliphatic heterocycles. The van der Waals surface area contributed by atoms with Crippen LogP contribution in [0.2, 0.25) is 0 Å². The van der Waals surface area contributed by atoms with Gasteiger partial charge in [-0.2, -0.15) is 0 Å². The minimum atomic E-state index is 0.548. The van der Waals surface area contributed by atoms with E-state index in [0.717, 1.165) is 33.8 Å². The summed E-state index contributed by atoms with van der Waals surface area (Å²) in [6, 6.07) is 12.2. The van der Waals surface area contributed by atoms with Crippen LogP contribution in [0.25, 0.3) is 11.1 Å². The van der Waals surface area contributed by atoms with E-state index in [1.54, 1.807) is 21.3 Å². The zero-order valence-corrected chi connectivity index (χ0v) is 12.4. The third-order valence-electron chi connectivity index (χ3n) is 3.38. The van der Waals surface area contributed by atoms with E-state index in [1.165, 1.54) is 0 Å². The van der Waals surface area contributed by atoms with Crippen molar-refractivity contribution in [1.82, 2.24) is 0 Å². The van der Waals surface area contributed by atoms with Gasteiger partial charge in [0, 0.05) is 18.2 Å². The lowest BCUT2D eigenvalue weighted by Gasteiger charge is -2.18. The molecule has 0 N–H and O–H groups in total. The van der Waals surface area contributed by atoms with Crippen molar-refractivity contribution < 1.29 is 14.2 Å². The summed E-state index contributed by atoms with van der Waals surface area (Å²) in [6.07, 6.45) is 0. The van der Waals surface area contributed by atoms with Crippen LogP contribution < -0.4 is 9.47 Å². The predicted octanol–water partition coefficient (Wildman–Crippen LogP) is 3.83. The molecular formula is C17H20O3. The van der Waals surface area contributed by atoms with E-state index in [9.17, 15) is 0 Å². The normalized spacial score (nSPS) is 10.4. The minimum Gasteiger partial charge on any atom is -0.493 e. The molecule has 0 aliphatic rings. The number of methoxy groups -OCH3 is 3. The number of hydrogen-bond donors (Lipinski definition) is 0. The molecular weight excluding hydrogens is 252 g/mol. The average Bonchev–Trinajstić information content (AvgIpc) is 2.49. The number of rotatable bonds is 5. The zero-order chi connectivity index (χ0) is 14.5. The van der Waals surface area contributed by atoms with Crippen LogP contribution in [0, 0.1) is 6.92 Å². The molecule has 0 fully saturated rings. The van der Waals surface area contributed by atoms with Gasteiger partial charge in [-0.1, -0.05) is 30.3 Å². The third-order valence-corrected chi connectivity index (χ3v) is 3.38. The fourth-order valence-corrected chi connectivity index (χ4v) is 2.37. The van der Waals surface area contributed by atoms with Gasteiger partial charge in [0.25, 0.3) is 0 Å². The zero-order valence-electron chi connectivity index (χ0n) is 12.4. The van der Waals surface area contributed by atoms with Gasteiger partial charge in [-0.3, -0.25) is 0 Å². The number of hydrogen-bond acceptors (Lipinski definition) is 3. The molecule has 2 aromatic rings. The van der Waals surface area contributed by atoms with Gasteiger partial charge in [-0.25, -0.2) is 0 Å². The van der Waals surface area contributed by atoms with E-state index in [-0.39, 0.29) is 0 Å². The lowest BCUT2D eigenvalue weighted by molar-refractivity contribution is 0.184. The molecule has 0 heterocycles. The summed E-state index contributed by atoms with van der Waals surface area (Å²) in [6.45, 7) is 2.57. The molecule has 20 heavy (non-hydrogen) atoms. The van der Waals surface area contributed by atoms with Gasteiger partial charge in [0.15, 0.2) is 11.5 Å². The predicted molar refractivity (Wildman–Crippen MR) is 80.4 cm³/mol. The molecule has 0 amide bonds. The summed E-state index contributed by atoms with van der Waals surface area (Å²) in [5.74, 6) is 1.52. The van der Waals surface area contributed by atoms with Crippen LogP contribution in [-0.2, 0) is 11.3 Å². The smallest absolute Gasteiger partial charge is 0.168 e. The summed E-state index contributed by atoms with van der Waals surface area (Å²) in [4.78, 5) is 0. The Morgan fingerprint density at radius 3 is 2.10 bits per heavy atom. The first-order valence-electron chi connectivity index (χ1n) is 6.51. The topological polar surface area (TPSA) is 27.7 Å². The van der Waals surface area contributed by atoms with Crippen LogP contribution in [0.15, 0.2) is 36.4 Å². The van der Waals surface area contributed by atoms with Crippen molar-refractivity contribution in [1.29, 1.82) is 0 Å². The molecule has 3 nitrogen and oxygen atoms in total. The van der Waals surface area contributed by atoms with E-state index in [1.807, 2.05) is 25.1 Å². The first-order valence-corrected chi connectivity index (χ1v) is 6.51. The summed E-state index contributed by atoms with van der Waals surface area (Å²) < 4.78 is 16.4. The first-order chi connectivity index (χ1) is 9.72. The van der Waals surface area contributed by atoms with Gasteiger partial charge in [-0.15, -0.1) is 0 Å². The Balaban J connectivity index is 2.69. The second-order valence-corrected chi connectivity index (χ2v) is 4.57. The Labute approximate surface area is 120 Å². The van der Waals surface area contributed by atoms with Crippen LogP contribution in [0.1, 0.15) is 11.1 Å². The van der Waals surface area contributed by atoms with Gasteiger partial charge in [-0.05, 0) is 24.1 Å². The van der Waals surface area contributed by atoms with E-state index in [4.69, 9.17) is 14.2 Å². The van der Waals surface area contributed by atoms with Gasteiger partial charge in [0.1, 0.15) is 0 Å². The van der Waals surface area contributed by atoms with Crippen LogP contribution in [0.4, 0.5) is 0 Å². The summed E-state index contributed by atoms with van der Waals surface area (Å²) in [5.41, 5.74) is 4.26. The van der Waals surface area contributed by atoms with Crippen molar-refractivity contribution >= 4 is 0 Å². The molecule has 0 saturated heterocycles. The lowest BCUT2D eigenvalue weighted by Crippen LogP contribution is -2.01. The molecule has 3 heteroatoms. The monoisotopic (exact) mass is 272 g/mol. The molecule has 0 bridgehead atoms. The second-order valence-electron chi connectivity index (χ2n) is 4.57. The molecule has 0 saturated carbocycles. The lowest BCUT2D eigenvalue weighted by atomic mass is 9.97. The quantitative estimate of drug-likeness (QED) is 0.828. The summed E-state index contributed by atoms with van der Waals surface area (Å²) >= 11 is 0. The van der Waals surface area contributed by atoms with Crippen molar-refractivity contribution in [2.24, 2.45) is 0 Å². The molecule has 2 aromatic carbocycles. The highest BCUT2D eigenvalue weighted by Crippen LogP contribution is 2.42. The molecule has 0 spiro atoms. The fourth-order valence-electron chi connectivity index (χ4n) is 2.37. The van der Waals surface area contributed by atoms with E-state index < -0.39 is 0 Å². The van der Waals surface area contributed by atoms with Crippen LogP contribution in [0.3, 0.4) is 0 Å². The highest BCUT2D eigenvalue weighted by molar-refractivity contribution is 5.76.